The van der Waals surface area contributed by atoms with Gasteiger partial charge in [0.2, 0.25) is 0 Å². The number of halogens is 1. The highest BCUT2D eigenvalue weighted by Crippen LogP contribution is 2.30. The Bertz CT molecular complexity index is 738. The van der Waals surface area contributed by atoms with Crippen LogP contribution in [0.1, 0.15) is 5.56 Å². The summed E-state index contributed by atoms with van der Waals surface area (Å²) >= 11 is 6.32. The van der Waals surface area contributed by atoms with E-state index in [1.807, 2.05) is 42.5 Å². The number of benzene rings is 2. The van der Waals surface area contributed by atoms with Crippen molar-refractivity contribution in [2.45, 2.75) is 6.54 Å². The predicted molar refractivity (Wildman–Crippen MR) is 80.1 cm³/mol. The maximum absolute atomic E-state index is 6.32. The van der Waals surface area contributed by atoms with E-state index in [0.717, 1.165) is 32.6 Å². The van der Waals surface area contributed by atoms with Crippen LogP contribution < -0.4 is 5.73 Å². The number of nitrogens with two attached hydrogens (primary N) is 1. The average molecular weight is 269 g/mol. The molecule has 0 aliphatic heterocycles. The molecule has 0 fully saturated rings. The third kappa shape index (κ3) is 2.33. The largest absolute Gasteiger partial charge is 0.326 e. The molecular formula is C16H13ClN2. The number of aromatic nitrogens is 1. The van der Waals surface area contributed by atoms with Crippen LogP contribution in [0.5, 0.6) is 0 Å². The first-order valence-corrected chi connectivity index (χ1v) is 6.49. The highest BCUT2D eigenvalue weighted by atomic mass is 35.5. The lowest BCUT2D eigenvalue weighted by atomic mass is 10.0. The van der Waals surface area contributed by atoms with Gasteiger partial charge in [-0.25, -0.2) is 0 Å². The van der Waals surface area contributed by atoms with E-state index in [-0.39, 0.29) is 0 Å². The van der Waals surface area contributed by atoms with Crippen LogP contribution in [0.3, 0.4) is 0 Å². The Morgan fingerprint density at radius 2 is 1.95 bits per heavy atom. The van der Waals surface area contributed by atoms with E-state index in [4.69, 9.17) is 17.3 Å². The molecule has 2 aromatic carbocycles. The maximum atomic E-state index is 6.32. The average Bonchev–Trinajstić information content (AvgIpc) is 2.46. The number of pyridine rings is 1. The van der Waals surface area contributed by atoms with Crippen molar-refractivity contribution in [2.75, 3.05) is 0 Å². The van der Waals surface area contributed by atoms with E-state index in [1.165, 1.54) is 0 Å². The first-order valence-electron chi connectivity index (χ1n) is 6.11. The molecule has 0 bridgehead atoms. The van der Waals surface area contributed by atoms with E-state index in [0.29, 0.717) is 6.54 Å². The van der Waals surface area contributed by atoms with Gasteiger partial charge in [0.05, 0.1) is 5.52 Å². The molecule has 0 aliphatic carbocycles. The Kier molecular flexibility index (Phi) is 3.20. The standard InChI is InChI=1S/C16H13ClN2/c17-15-8-11(10-18)3-5-14(15)12-4-6-16-13(9-12)2-1-7-19-16/h1-9H,10,18H2. The van der Waals surface area contributed by atoms with Crippen LogP contribution in [0.4, 0.5) is 0 Å². The fourth-order valence-corrected chi connectivity index (χ4v) is 2.48. The predicted octanol–water partition coefficient (Wildman–Crippen LogP) is 4.01. The molecule has 3 rings (SSSR count). The van der Waals surface area contributed by atoms with Crippen molar-refractivity contribution in [1.29, 1.82) is 0 Å². The second-order valence-corrected chi connectivity index (χ2v) is 4.84. The molecule has 0 atom stereocenters. The van der Waals surface area contributed by atoms with E-state index in [9.17, 15) is 0 Å². The number of hydrogen-bond acceptors (Lipinski definition) is 2. The molecule has 2 nitrogen and oxygen atoms in total. The molecule has 0 spiro atoms. The van der Waals surface area contributed by atoms with Crippen molar-refractivity contribution in [2.24, 2.45) is 5.73 Å². The van der Waals surface area contributed by atoms with Gasteiger partial charge in [-0.1, -0.05) is 35.9 Å². The highest BCUT2D eigenvalue weighted by Gasteiger charge is 2.05. The van der Waals surface area contributed by atoms with Gasteiger partial charge >= 0.3 is 0 Å². The monoisotopic (exact) mass is 268 g/mol. The molecule has 3 heteroatoms. The quantitative estimate of drug-likeness (QED) is 0.763. The number of rotatable bonds is 2. The van der Waals surface area contributed by atoms with E-state index >= 15 is 0 Å². The van der Waals surface area contributed by atoms with Crippen LogP contribution in [0.25, 0.3) is 22.0 Å². The summed E-state index contributed by atoms with van der Waals surface area (Å²) in [6.07, 6.45) is 1.80. The number of hydrogen-bond donors (Lipinski definition) is 1. The highest BCUT2D eigenvalue weighted by molar-refractivity contribution is 6.33. The summed E-state index contributed by atoms with van der Waals surface area (Å²) in [5, 5.41) is 1.84. The van der Waals surface area contributed by atoms with Gasteiger partial charge in [0.25, 0.3) is 0 Å². The van der Waals surface area contributed by atoms with Crippen molar-refractivity contribution in [3.05, 3.63) is 65.3 Å². The van der Waals surface area contributed by atoms with Crippen molar-refractivity contribution < 1.29 is 0 Å². The molecule has 0 aliphatic rings. The lowest BCUT2D eigenvalue weighted by molar-refractivity contribution is 1.07. The molecule has 0 saturated heterocycles. The third-order valence-corrected chi connectivity index (χ3v) is 3.50. The lowest BCUT2D eigenvalue weighted by Gasteiger charge is -2.07. The molecular weight excluding hydrogens is 256 g/mol. The van der Waals surface area contributed by atoms with Gasteiger partial charge in [0.15, 0.2) is 0 Å². The van der Waals surface area contributed by atoms with Crippen LogP contribution in [-0.4, -0.2) is 4.98 Å². The zero-order valence-corrected chi connectivity index (χ0v) is 11.1. The Balaban J connectivity index is 2.13. The van der Waals surface area contributed by atoms with Crippen LogP contribution in [-0.2, 0) is 6.54 Å². The summed E-state index contributed by atoms with van der Waals surface area (Å²) in [4.78, 5) is 4.32. The van der Waals surface area contributed by atoms with Crippen LogP contribution in [0, 0.1) is 0 Å². The van der Waals surface area contributed by atoms with Crippen LogP contribution in [0.2, 0.25) is 5.02 Å². The lowest BCUT2D eigenvalue weighted by Crippen LogP contribution is -1.96. The van der Waals surface area contributed by atoms with E-state index < -0.39 is 0 Å². The van der Waals surface area contributed by atoms with Gasteiger partial charge in [0.1, 0.15) is 0 Å². The summed E-state index contributed by atoms with van der Waals surface area (Å²) < 4.78 is 0. The SMILES string of the molecule is NCc1ccc(-c2ccc3ncccc3c2)c(Cl)c1. The van der Waals surface area contributed by atoms with E-state index in [2.05, 4.69) is 11.1 Å². The van der Waals surface area contributed by atoms with E-state index in [1.54, 1.807) is 6.20 Å². The van der Waals surface area contributed by atoms with Crippen molar-refractivity contribution in [1.82, 2.24) is 4.98 Å². The minimum Gasteiger partial charge on any atom is -0.326 e. The Labute approximate surface area is 116 Å². The van der Waals surface area contributed by atoms with Gasteiger partial charge in [0, 0.05) is 28.7 Å². The maximum Gasteiger partial charge on any atom is 0.0702 e. The summed E-state index contributed by atoms with van der Waals surface area (Å²) in [6.45, 7) is 0.502. The zero-order valence-electron chi connectivity index (χ0n) is 10.3. The molecule has 3 aromatic rings. The molecule has 0 radical (unpaired) electrons. The molecule has 0 saturated carbocycles. The Morgan fingerprint density at radius 1 is 1.05 bits per heavy atom. The molecule has 1 aromatic heterocycles. The second kappa shape index (κ2) is 5.00. The number of nitrogens with zero attached hydrogens (tertiary/aromatic N) is 1. The topological polar surface area (TPSA) is 38.9 Å². The van der Waals surface area contributed by atoms with Crippen LogP contribution in [0.15, 0.2) is 54.7 Å². The summed E-state index contributed by atoms with van der Waals surface area (Å²) in [6, 6.07) is 16.1. The first kappa shape index (κ1) is 12.2. The normalized spacial score (nSPS) is 10.8. The molecule has 0 unspecified atom stereocenters. The molecule has 0 amide bonds. The summed E-state index contributed by atoms with van der Waals surface area (Å²) in [7, 11) is 0. The van der Waals surface area contributed by atoms with Gasteiger partial charge in [-0.15, -0.1) is 0 Å². The molecule has 94 valence electrons. The number of fused-ring (bicyclic) bond motifs is 1. The van der Waals surface area contributed by atoms with Crippen molar-refractivity contribution in [3.8, 4) is 11.1 Å². The fraction of sp³-hybridized carbons (Fsp3) is 0.0625. The van der Waals surface area contributed by atoms with Crippen molar-refractivity contribution >= 4 is 22.5 Å². The second-order valence-electron chi connectivity index (χ2n) is 4.43. The van der Waals surface area contributed by atoms with Gasteiger partial charge < -0.3 is 5.73 Å². The molecule has 19 heavy (non-hydrogen) atoms. The summed E-state index contributed by atoms with van der Waals surface area (Å²) in [5.74, 6) is 0. The van der Waals surface area contributed by atoms with Crippen molar-refractivity contribution in [3.63, 3.8) is 0 Å². The Hall–Kier alpha value is -1.90. The molecule has 1 heterocycles. The first-order chi connectivity index (χ1) is 9.28. The summed E-state index contributed by atoms with van der Waals surface area (Å²) in [5.41, 5.74) is 9.75. The zero-order chi connectivity index (χ0) is 13.2. The third-order valence-electron chi connectivity index (χ3n) is 3.18. The Morgan fingerprint density at radius 3 is 2.74 bits per heavy atom. The minimum absolute atomic E-state index is 0.502. The fourth-order valence-electron chi connectivity index (χ4n) is 2.16. The van der Waals surface area contributed by atoms with Crippen LogP contribution >= 0.6 is 11.6 Å². The smallest absolute Gasteiger partial charge is 0.0702 e. The van der Waals surface area contributed by atoms with Gasteiger partial charge in [-0.2, -0.15) is 0 Å². The van der Waals surface area contributed by atoms with Gasteiger partial charge in [-0.05, 0) is 35.4 Å². The minimum atomic E-state index is 0.502. The molecule has 2 N–H and O–H groups in total. The van der Waals surface area contributed by atoms with Gasteiger partial charge in [-0.3, -0.25) is 4.98 Å².